The lowest BCUT2D eigenvalue weighted by Crippen LogP contribution is -2.39. The average molecular weight is 398 g/mol. The molecule has 8 nitrogen and oxygen atoms in total. The van der Waals surface area contributed by atoms with Gasteiger partial charge in [0.05, 0.1) is 0 Å². The first-order valence-corrected chi connectivity index (χ1v) is 10.0. The first-order valence-electron chi connectivity index (χ1n) is 10.0. The first-order chi connectivity index (χ1) is 14.1. The number of nitrogens with zero attached hydrogens (tertiary/aromatic N) is 4. The molecule has 3 N–H and O–H groups in total. The Morgan fingerprint density at radius 2 is 1.97 bits per heavy atom. The van der Waals surface area contributed by atoms with Crippen molar-refractivity contribution in [3.8, 4) is 0 Å². The number of aryl methyl sites for hydroxylation is 2. The second-order valence-corrected chi connectivity index (χ2v) is 7.11. The molecule has 3 rings (SSSR count). The van der Waals surface area contributed by atoms with Crippen molar-refractivity contribution in [1.29, 1.82) is 0 Å². The molecule has 2 heterocycles. The summed E-state index contributed by atoms with van der Waals surface area (Å²) in [5, 5.41) is 16.4. The van der Waals surface area contributed by atoms with Crippen LogP contribution in [0, 0.1) is 13.8 Å². The van der Waals surface area contributed by atoms with Gasteiger partial charge < -0.3 is 24.9 Å². The highest BCUT2D eigenvalue weighted by molar-refractivity contribution is 5.84. The first kappa shape index (κ1) is 20.9. The average Bonchev–Trinajstić information content (AvgIpc) is 3.21. The zero-order chi connectivity index (χ0) is 20.6. The lowest BCUT2D eigenvalue weighted by atomic mass is 10.1. The monoisotopic (exact) mass is 397 g/mol. The van der Waals surface area contributed by atoms with E-state index in [1.807, 2.05) is 18.5 Å². The Labute approximate surface area is 171 Å². The van der Waals surface area contributed by atoms with E-state index in [9.17, 15) is 0 Å². The Hall–Kier alpha value is -2.87. The molecule has 156 valence electrons. The minimum atomic E-state index is 0.475. The number of aromatic amines is 1. The van der Waals surface area contributed by atoms with Gasteiger partial charge in [-0.3, -0.25) is 0 Å². The number of aliphatic imine (C=N–C) groups is 1. The maximum absolute atomic E-state index is 5.13. The molecule has 0 amide bonds. The standard InChI is InChI=1S/C21H31N7O/c1-15-17(18-8-5-6-9-19(18)25-15)10-12-23-21(22-11-7-13-29-4)24-14-20-27-26-16(2)28(20)3/h5-6,8-9,25H,7,10-14H2,1-4H3,(H2,22,23,24). The SMILES string of the molecule is COCCCNC(=NCc1nnc(C)n1C)NCCc1c(C)[nH]c2ccccc12. The summed E-state index contributed by atoms with van der Waals surface area (Å²) in [7, 11) is 3.67. The van der Waals surface area contributed by atoms with Crippen molar-refractivity contribution in [2.75, 3.05) is 26.8 Å². The lowest BCUT2D eigenvalue weighted by molar-refractivity contribution is 0.195. The summed E-state index contributed by atoms with van der Waals surface area (Å²) in [6.45, 7) is 6.84. The van der Waals surface area contributed by atoms with Crippen LogP contribution in [0.2, 0.25) is 0 Å². The van der Waals surface area contributed by atoms with E-state index < -0.39 is 0 Å². The summed E-state index contributed by atoms with van der Waals surface area (Å²) >= 11 is 0. The number of hydrogen-bond donors (Lipinski definition) is 3. The molecule has 0 unspecified atom stereocenters. The van der Waals surface area contributed by atoms with Gasteiger partial charge in [0.25, 0.3) is 0 Å². The fourth-order valence-corrected chi connectivity index (χ4v) is 3.30. The number of aromatic nitrogens is 4. The topological polar surface area (TPSA) is 92.2 Å². The van der Waals surface area contributed by atoms with E-state index in [1.54, 1.807) is 7.11 Å². The second kappa shape index (κ2) is 10.1. The van der Waals surface area contributed by atoms with Gasteiger partial charge in [-0.15, -0.1) is 10.2 Å². The van der Waals surface area contributed by atoms with E-state index in [2.05, 4.69) is 57.0 Å². The van der Waals surface area contributed by atoms with E-state index in [4.69, 9.17) is 9.73 Å². The van der Waals surface area contributed by atoms with Gasteiger partial charge in [0, 0.05) is 50.5 Å². The van der Waals surface area contributed by atoms with Gasteiger partial charge in [-0.25, -0.2) is 4.99 Å². The number of H-pyrrole nitrogens is 1. The van der Waals surface area contributed by atoms with Crippen LogP contribution < -0.4 is 10.6 Å². The van der Waals surface area contributed by atoms with Gasteiger partial charge in [-0.05, 0) is 38.3 Å². The summed E-state index contributed by atoms with van der Waals surface area (Å²) in [6.07, 6.45) is 1.83. The molecule has 0 spiro atoms. The Bertz CT molecular complexity index is 957. The lowest BCUT2D eigenvalue weighted by Gasteiger charge is -2.13. The number of nitrogens with one attached hydrogen (secondary N) is 3. The molecule has 3 aromatic rings. The zero-order valence-electron chi connectivity index (χ0n) is 17.7. The number of ether oxygens (including phenoxy) is 1. The Morgan fingerprint density at radius 3 is 2.72 bits per heavy atom. The van der Waals surface area contributed by atoms with Crippen molar-refractivity contribution in [3.05, 3.63) is 47.2 Å². The zero-order valence-corrected chi connectivity index (χ0v) is 17.7. The molecule has 0 atom stereocenters. The third-order valence-electron chi connectivity index (χ3n) is 5.07. The maximum atomic E-state index is 5.13. The molecule has 0 radical (unpaired) electrons. The molecular weight excluding hydrogens is 366 g/mol. The van der Waals surface area contributed by atoms with Crippen LogP contribution in [0.1, 0.15) is 29.3 Å². The van der Waals surface area contributed by atoms with E-state index >= 15 is 0 Å². The van der Waals surface area contributed by atoms with Crippen LogP contribution in [0.25, 0.3) is 10.9 Å². The highest BCUT2D eigenvalue weighted by atomic mass is 16.5. The Kier molecular flexibility index (Phi) is 7.24. The molecule has 8 heteroatoms. The number of benzene rings is 1. The Morgan fingerprint density at radius 1 is 1.17 bits per heavy atom. The van der Waals surface area contributed by atoms with Gasteiger partial charge in [-0.2, -0.15) is 0 Å². The van der Waals surface area contributed by atoms with Crippen molar-refractivity contribution in [2.24, 2.45) is 12.0 Å². The Balaban J connectivity index is 1.63. The van der Waals surface area contributed by atoms with Gasteiger partial charge in [-0.1, -0.05) is 18.2 Å². The van der Waals surface area contributed by atoms with Crippen molar-refractivity contribution < 1.29 is 4.74 Å². The predicted molar refractivity (Wildman–Crippen MR) is 116 cm³/mol. The van der Waals surface area contributed by atoms with Crippen LogP contribution in [-0.4, -0.2) is 52.5 Å². The van der Waals surface area contributed by atoms with Crippen LogP contribution in [0.5, 0.6) is 0 Å². The molecule has 0 fully saturated rings. The number of methoxy groups -OCH3 is 1. The van der Waals surface area contributed by atoms with E-state index in [1.165, 1.54) is 22.2 Å². The van der Waals surface area contributed by atoms with Gasteiger partial charge >= 0.3 is 0 Å². The van der Waals surface area contributed by atoms with E-state index in [0.717, 1.165) is 50.1 Å². The van der Waals surface area contributed by atoms with Crippen molar-refractivity contribution in [3.63, 3.8) is 0 Å². The summed E-state index contributed by atoms with van der Waals surface area (Å²) in [5.74, 6) is 2.50. The molecule has 0 aliphatic rings. The molecule has 0 aliphatic carbocycles. The molecule has 0 saturated heterocycles. The van der Waals surface area contributed by atoms with Crippen LogP contribution in [-0.2, 0) is 24.8 Å². The van der Waals surface area contributed by atoms with Crippen molar-refractivity contribution in [2.45, 2.75) is 33.2 Å². The van der Waals surface area contributed by atoms with E-state index in [0.29, 0.717) is 6.54 Å². The molecule has 0 aliphatic heterocycles. The van der Waals surface area contributed by atoms with Crippen molar-refractivity contribution in [1.82, 2.24) is 30.4 Å². The number of fused-ring (bicyclic) bond motifs is 1. The number of para-hydroxylation sites is 1. The normalized spacial score (nSPS) is 11.9. The predicted octanol–water partition coefficient (Wildman–Crippen LogP) is 2.23. The summed E-state index contributed by atoms with van der Waals surface area (Å²) in [6, 6.07) is 8.43. The minimum absolute atomic E-state index is 0.475. The third-order valence-corrected chi connectivity index (χ3v) is 5.07. The second-order valence-electron chi connectivity index (χ2n) is 7.11. The highest BCUT2D eigenvalue weighted by Gasteiger charge is 2.09. The summed E-state index contributed by atoms with van der Waals surface area (Å²) in [5.41, 5.74) is 3.74. The van der Waals surface area contributed by atoms with E-state index in [-0.39, 0.29) is 0 Å². The van der Waals surface area contributed by atoms with Crippen LogP contribution in [0.4, 0.5) is 0 Å². The fourth-order valence-electron chi connectivity index (χ4n) is 3.30. The smallest absolute Gasteiger partial charge is 0.191 e. The third kappa shape index (κ3) is 5.35. The molecule has 0 bridgehead atoms. The molecular formula is C21H31N7O. The van der Waals surface area contributed by atoms with Gasteiger partial charge in [0.2, 0.25) is 0 Å². The van der Waals surface area contributed by atoms with Gasteiger partial charge in [0.15, 0.2) is 11.8 Å². The summed E-state index contributed by atoms with van der Waals surface area (Å²) < 4.78 is 7.09. The number of guanidine groups is 1. The number of rotatable bonds is 9. The quantitative estimate of drug-likeness (QED) is 0.293. The molecule has 2 aromatic heterocycles. The summed E-state index contributed by atoms with van der Waals surface area (Å²) in [4.78, 5) is 8.16. The molecule has 1 aromatic carbocycles. The van der Waals surface area contributed by atoms with Crippen LogP contribution in [0.3, 0.4) is 0 Å². The maximum Gasteiger partial charge on any atom is 0.191 e. The minimum Gasteiger partial charge on any atom is -0.385 e. The fraction of sp³-hybridized carbons (Fsp3) is 0.476. The van der Waals surface area contributed by atoms with Crippen LogP contribution >= 0.6 is 0 Å². The van der Waals surface area contributed by atoms with Crippen molar-refractivity contribution >= 4 is 16.9 Å². The highest BCUT2D eigenvalue weighted by Crippen LogP contribution is 2.21. The van der Waals surface area contributed by atoms with Crippen LogP contribution in [0.15, 0.2) is 29.3 Å². The molecule has 29 heavy (non-hydrogen) atoms. The molecule has 0 saturated carbocycles. The number of hydrogen-bond acceptors (Lipinski definition) is 4. The largest absolute Gasteiger partial charge is 0.385 e. The van der Waals surface area contributed by atoms with Gasteiger partial charge in [0.1, 0.15) is 12.4 Å².